The van der Waals surface area contributed by atoms with Gasteiger partial charge >= 0.3 is 0 Å². The zero-order valence-electron chi connectivity index (χ0n) is 13.3. The van der Waals surface area contributed by atoms with E-state index in [-0.39, 0.29) is 17.4 Å². The average Bonchev–Trinajstić information content (AvgIpc) is 2.45. The van der Waals surface area contributed by atoms with E-state index >= 15 is 0 Å². The number of hydrogen-bond donors (Lipinski definition) is 2. The fraction of sp³-hybridized carbons (Fsp3) is 0.647. The largest absolute Gasteiger partial charge is 0.369 e. The molecule has 4 fully saturated rings. The van der Waals surface area contributed by atoms with Crippen molar-refractivity contribution in [3.63, 3.8) is 0 Å². The van der Waals surface area contributed by atoms with Crippen molar-refractivity contribution in [2.24, 2.45) is 23.0 Å². The number of nitrogens with one attached hydrogen (secondary N) is 1. The first-order valence-electron chi connectivity index (χ1n) is 8.32. The Morgan fingerprint density at radius 2 is 1.96 bits per heavy atom. The molecule has 0 saturated heterocycles. The molecule has 5 rings (SSSR count). The maximum absolute atomic E-state index is 12.6. The van der Waals surface area contributed by atoms with Gasteiger partial charge in [-0.1, -0.05) is 0 Å². The predicted octanol–water partition coefficient (Wildman–Crippen LogP) is 1.34. The van der Waals surface area contributed by atoms with Crippen LogP contribution in [0.25, 0.3) is 0 Å². The van der Waals surface area contributed by atoms with Crippen molar-refractivity contribution in [2.75, 3.05) is 0 Å². The Morgan fingerprint density at radius 3 is 2.57 bits per heavy atom. The van der Waals surface area contributed by atoms with E-state index in [0.717, 1.165) is 25.7 Å². The van der Waals surface area contributed by atoms with Crippen molar-refractivity contribution >= 4 is 11.8 Å². The van der Waals surface area contributed by atoms with Gasteiger partial charge < -0.3 is 11.1 Å². The highest BCUT2D eigenvalue weighted by Gasteiger charge is 2.60. The molecule has 122 valence electrons. The Balaban J connectivity index is 1.61. The molecule has 23 heavy (non-hydrogen) atoms. The first kappa shape index (κ1) is 14.6. The van der Waals surface area contributed by atoms with Crippen molar-refractivity contribution in [3.8, 4) is 0 Å². The van der Waals surface area contributed by atoms with E-state index in [0.29, 0.717) is 29.8 Å². The second kappa shape index (κ2) is 4.76. The van der Waals surface area contributed by atoms with Gasteiger partial charge in [0.25, 0.3) is 5.91 Å². The van der Waals surface area contributed by atoms with Crippen LogP contribution in [0.15, 0.2) is 12.3 Å². The first-order valence-corrected chi connectivity index (χ1v) is 8.32. The minimum atomic E-state index is -0.418. The molecular weight excluding hydrogens is 292 g/mol. The fourth-order valence-corrected chi connectivity index (χ4v) is 5.58. The first-order chi connectivity index (χ1) is 10.9. The monoisotopic (exact) mass is 314 g/mol. The summed E-state index contributed by atoms with van der Waals surface area (Å²) in [6, 6.07) is 1.63. The summed E-state index contributed by atoms with van der Waals surface area (Å²) >= 11 is 0. The summed E-state index contributed by atoms with van der Waals surface area (Å²) < 4.78 is 0. The van der Waals surface area contributed by atoms with Gasteiger partial charge in [-0.15, -0.1) is 0 Å². The van der Waals surface area contributed by atoms with Gasteiger partial charge in [0.05, 0.1) is 5.41 Å². The summed E-state index contributed by atoms with van der Waals surface area (Å²) in [4.78, 5) is 33.0. The number of amides is 2. The van der Waals surface area contributed by atoms with Crippen LogP contribution in [0.3, 0.4) is 0 Å². The van der Waals surface area contributed by atoms with Crippen LogP contribution in [0.1, 0.15) is 54.8 Å². The van der Waals surface area contributed by atoms with E-state index in [2.05, 4.69) is 15.3 Å². The summed E-state index contributed by atoms with van der Waals surface area (Å²) in [5.74, 6) is 1.21. The van der Waals surface area contributed by atoms with Crippen molar-refractivity contribution in [2.45, 2.75) is 51.0 Å². The molecule has 2 unspecified atom stereocenters. The molecule has 4 bridgehead atoms. The van der Waals surface area contributed by atoms with Crippen LogP contribution in [0, 0.1) is 24.2 Å². The minimum Gasteiger partial charge on any atom is -0.369 e. The van der Waals surface area contributed by atoms with Crippen molar-refractivity contribution in [1.82, 2.24) is 15.3 Å². The second-order valence-corrected chi connectivity index (χ2v) is 7.83. The molecule has 4 aliphatic rings. The number of aromatic nitrogens is 2. The lowest BCUT2D eigenvalue weighted by Gasteiger charge is -2.61. The molecule has 4 saturated carbocycles. The molecule has 2 atom stereocenters. The van der Waals surface area contributed by atoms with Gasteiger partial charge in [0.15, 0.2) is 0 Å². The fourth-order valence-electron chi connectivity index (χ4n) is 5.58. The number of hydrogen-bond acceptors (Lipinski definition) is 4. The highest BCUT2D eigenvalue weighted by Crippen LogP contribution is 2.61. The van der Waals surface area contributed by atoms with Crippen molar-refractivity contribution in [1.29, 1.82) is 0 Å². The van der Waals surface area contributed by atoms with Gasteiger partial charge in [0.2, 0.25) is 5.91 Å². The number of carbonyl (C=O) groups excluding carboxylic acids is 2. The molecule has 6 heteroatoms. The molecule has 0 aromatic carbocycles. The van der Waals surface area contributed by atoms with Crippen LogP contribution < -0.4 is 11.1 Å². The lowest BCUT2D eigenvalue weighted by Crippen LogP contribution is -2.65. The molecule has 1 heterocycles. The van der Waals surface area contributed by atoms with E-state index < -0.39 is 5.41 Å². The molecule has 6 nitrogen and oxygen atoms in total. The summed E-state index contributed by atoms with van der Waals surface area (Å²) in [6.07, 6.45) is 7.13. The number of aryl methyl sites for hydroxylation is 1. The third-order valence-electron chi connectivity index (χ3n) is 5.97. The summed E-state index contributed by atoms with van der Waals surface area (Å²) in [7, 11) is 0. The Morgan fingerprint density at radius 1 is 1.26 bits per heavy atom. The molecule has 1 aromatic rings. The van der Waals surface area contributed by atoms with Gasteiger partial charge in [-0.2, -0.15) is 0 Å². The molecule has 3 N–H and O–H groups in total. The SMILES string of the molecule is Cc1nccc(C(=O)NC23CC4CC(C2)CC(C(N)=O)(C4)C3)n1. The number of primary amides is 1. The highest BCUT2D eigenvalue weighted by atomic mass is 16.2. The summed E-state index contributed by atoms with van der Waals surface area (Å²) in [6.45, 7) is 1.77. The molecule has 0 aliphatic heterocycles. The Hall–Kier alpha value is -1.98. The quantitative estimate of drug-likeness (QED) is 0.879. The lowest BCUT2D eigenvalue weighted by atomic mass is 9.46. The molecular formula is C17H22N4O2. The van der Waals surface area contributed by atoms with Crippen LogP contribution in [0.5, 0.6) is 0 Å². The Bertz CT molecular complexity index is 673. The minimum absolute atomic E-state index is 0.169. The molecule has 0 radical (unpaired) electrons. The predicted molar refractivity (Wildman–Crippen MR) is 83.3 cm³/mol. The van der Waals surface area contributed by atoms with Crippen LogP contribution in [-0.4, -0.2) is 27.3 Å². The Labute approximate surface area is 135 Å². The number of carbonyl (C=O) groups is 2. The van der Waals surface area contributed by atoms with Gasteiger partial charge in [0.1, 0.15) is 11.5 Å². The van der Waals surface area contributed by atoms with E-state index in [4.69, 9.17) is 5.73 Å². The third kappa shape index (κ3) is 2.31. The highest BCUT2D eigenvalue weighted by molar-refractivity contribution is 5.93. The maximum atomic E-state index is 12.6. The van der Waals surface area contributed by atoms with Crippen molar-refractivity contribution in [3.05, 3.63) is 23.8 Å². The smallest absolute Gasteiger partial charge is 0.270 e. The van der Waals surface area contributed by atoms with Gasteiger partial charge in [0, 0.05) is 11.7 Å². The zero-order valence-corrected chi connectivity index (χ0v) is 13.3. The number of nitrogens with zero attached hydrogens (tertiary/aromatic N) is 2. The van der Waals surface area contributed by atoms with Crippen LogP contribution >= 0.6 is 0 Å². The maximum Gasteiger partial charge on any atom is 0.270 e. The third-order valence-corrected chi connectivity index (χ3v) is 5.97. The van der Waals surface area contributed by atoms with E-state index in [1.54, 1.807) is 19.2 Å². The van der Waals surface area contributed by atoms with Crippen LogP contribution in [-0.2, 0) is 4.79 Å². The lowest BCUT2D eigenvalue weighted by molar-refractivity contribution is -0.146. The Kier molecular flexibility index (Phi) is 3.02. The standard InChI is InChI=1S/C17H22N4O2/c1-10-19-3-2-13(20-10)14(22)21-17-7-11-4-12(8-17)6-16(5-11,9-17)15(18)23/h2-3,11-12H,4-9H2,1H3,(H2,18,23)(H,21,22). The van der Waals surface area contributed by atoms with Gasteiger partial charge in [-0.05, 0) is 63.4 Å². The van der Waals surface area contributed by atoms with Crippen LogP contribution in [0.2, 0.25) is 0 Å². The van der Waals surface area contributed by atoms with Gasteiger partial charge in [-0.3, -0.25) is 9.59 Å². The summed E-state index contributed by atoms with van der Waals surface area (Å²) in [5, 5.41) is 3.21. The van der Waals surface area contributed by atoms with E-state index in [1.165, 1.54) is 6.42 Å². The van der Waals surface area contributed by atoms with Gasteiger partial charge in [-0.25, -0.2) is 9.97 Å². The van der Waals surface area contributed by atoms with Crippen LogP contribution in [0.4, 0.5) is 0 Å². The topological polar surface area (TPSA) is 98.0 Å². The molecule has 2 amide bonds. The zero-order chi connectivity index (χ0) is 16.2. The summed E-state index contributed by atoms with van der Waals surface area (Å²) in [5.41, 5.74) is 5.42. The van der Waals surface area contributed by atoms with Crippen molar-refractivity contribution < 1.29 is 9.59 Å². The second-order valence-electron chi connectivity index (χ2n) is 7.83. The average molecular weight is 314 g/mol. The molecule has 1 aromatic heterocycles. The van der Waals surface area contributed by atoms with E-state index in [9.17, 15) is 9.59 Å². The number of rotatable bonds is 3. The van der Waals surface area contributed by atoms with E-state index in [1.807, 2.05) is 0 Å². The number of nitrogens with two attached hydrogens (primary N) is 1. The molecule has 0 spiro atoms. The normalized spacial score (nSPS) is 37.6. The molecule has 4 aliphatic carbocycles.